The van der Waals surface area contributed by atoms with Crippen molar-refractivity contribution in [1.29, 1.82) is 0 Å². The molecule has 0 radical (unpaired) electrons. The van der Waals surface area contributed by atoms with Gasteiger partial charge < -0.3 is 4.42 Å². The summed E-state index contributed by atoms with van der Waals surface area (Å²) in [5.74, 6) is 0. The van der Waals surface area contributed by atoms with Gasteiger partial charge in [0.1, 0.15) is 0 Å². The third kappa shape index (κ3) is 2.77. The molecule has 0 bridgehead atoms. The summed E-state index contributed by atoms with van der Waals surface area (Å²) in [4.78, 5) is 6.72. The van der Waals surface area contributed by atoms with Crippen molar-refractivity contribution in [2.75, 3.05) is 13.1 Å². The Balaban J connectivity index is 1.35. The molecule has 2 aliphatic rings. The molecule has 1 aliphatic carbocycles. The monoisotopic (exact) mass is 344 g/mol. The number of furan rings is 1. The predicted molar refractivity (Wildman–Crippen MR) is 103 cm³/mol. The summed E-state index contributed by atoms with van der Waals surface area (Å²) >= 11 is 0. The van der Waals surface area contributed by atoms with Crippen LogP contribution in [0.3, 0.4) is 0 Å². The molecular weight excluding hydrogens is 320 g/mol. The topological polar surface area (TPSA) is 29.3 Å². The first-order valence-corrected chi connectivity index (χ1v) is 9.60. The number of benzene rings is 1. The van der Waals surface area contributed by atoms with E-state index in [1.807, 2.05) is 18.7 Å². The fourth-order valence-corrected chi connectivity index (χ4v) is 4.81. The van der Waals surface area contributed by atoms with Crippen molar-refractivity contribution < 1.29 is 4.42 Å². The summed E-state index contributed by atoms with van der Waals surface area (Å²) in [7, 11) is 0. The molecular formula is C23H24N2O. The van der Waals surface area contributed by atoms with Gasteiger partial charge >= 0.3 is 0 Å². The number of aromatic nitrogens is 1. The smallest absolute Gasteiger partial charge is 0.0980 e. The quantitative estimate of drug-likeness (QED) is 0.682. The zero-order chi connectivity index (χ0) is 17.4. The van der Waals surface area contributed by atoms with E-state index in [4.69, 9.17) is 4.42 Å². The average molecular weight is 344 g/mol. The van der Waals surface area contributed by atoms with Gasteiger partial charge in [-0.2, -0.15) is 0 Å². The molecule has 5 rings (SSSR count). The Morgan fingerprint density at radius 2 is 1.81 bits per heavy atom. The summed E-state index contributed by atoms with van der Waals surface area (Å²) in [6.45, 7) is 3.40. The highest BCUT2D eigenvalue weighted by atomic mass is 16.3. The highest BCUT2D eigenvalue weighted by molar-refractivity contribution is 5.65. The maximum Gasteiger partial charge on any atom is 0.0980 e. The molecule has 1 spiro atoms. The molecule has 3 heterocycles. The fraction of sp³-hybridized carbons (Fsp3) is 0.348. The molecule has 0 amide bonds. The lowest BCUT2D eigenvalue weighted by atomic mass is 9.73. The van der Waals surface area contributed by atoms with Crippen LogP contribution in [0.5, 0.6) is 0 Å². The zero-order valence-electron chi connectivity index (χ0n) is 15.0. The Bertz CT molecular complexity index is 878. The Kier molecular flexibility index (Phi) is 3.90. The SMILES string of the molecule is c1cc(CN2CCC3(CCc4ccc(-c5ccoc5)cc43)CC2)ccn1. The lowest BCUT2D eigenvalue weighted by Crippen LogP contribution is -2.41. The number of nitrogens with zero attached hydrogens (tertiary/aromatic N) is 2. The summed E-state index contributed by atoms with van der Waals surface area (Å²) in [5.41, 5.74) is 7.37. The third-order valence-corrected chi connectivity index (χ3v) is 6.38. The fourth-order valence-electron chi connectivity index (χ4n) is 4.81. The Labute approximate surface area is 154 Å². The number of hydrogen-bond donors (Lipinski definition) is 0. The van der Waals surface area contributed by atoms with Gasteiger partial charge in [-0.3, -0.25) is 9.88 Å². The largest absolute Gasteiger partial charge is 0.472 e. The van der Waals surface area contributed by atoms with Gasteiger partial charge in [-0.15, -0.1) is 0 Å². The van der Waals surface area contributed by atoms with Crippen LogP contribution in [0.1, 0.15) is 36.0 Å². The minimum Gasteiger partial charge on any atom is -0.472 e. The molecule has 1 fully saturated rings. The van der Waals surface area contributed by atoms with Crippen LogP contribution in [0.25, 0.3) is 11.1 Å². The summed E-state index contributed by atoms with van der Waals surface area (Å²) in [5, 5.41) is 0. The second-order valence-corrected chi connectivity index (χ2v) is 7.80. The summed E-state index contributed by atoms with van der Waals surface area (Å²) in [6, 6.07) is 13.3. The van der Waals surface area contributed by atoms with Crippen molar-refractivity contribution in [2.24, 2.45) is 0 Å². The third-order valence-electron chi connectivity index (χ3n) is 6.38. The molecule has 3 nitrogen and oxygen atoms in total. The Hall–Kier alpha value is -2.39. The van der Waals surface area contributed by atoms with E-state index in [0.717, 1.165) is 6.54 Å². The highest BCUT2D eigenvalue weighted by Crippen LogP contribution is 2.47. The Morgan fingerprint density at radius 1 is 0.962 bits per heavy atom. The first kappa shape index (κ1) is 15.8. The second kappa shape index (κ2) is 6.40. The molecule has 3 heteroatoms. The molecule has 26 heavy (non-hydrogen) atoms. The number of aryl methyl sites for hydroxylation is 1. The molecule has 1 aromatic carbocycles. The minimum absolute atomic E-state index is 0.379. The van der Waals surface area contributed by atoms with Crippen LogP contribution in [0.2, 0.25) is 0 Å². The average Bonchev–Trinajstić information content (AvgIpc) is 3.34. The molecule has 1 aliphatic heterocycles. The molecule has 2 aromatic heterocycles. The van der Waals surface area contributed by atoms with Gasteiger partial charge in [0.15, 0.2) is 0 Å². The summed E-state index contributed by atoms with van der Waals surface area (Å²) in [6.07, 6.45) is 12.5. The van der Waals surface area contributed by atoms with Crippen LogP contribution in [-0.4, -0.2) is 23.0 Å². The molecule has 0 N–H and O–H groups in total. The van der Waals surface area contributed by atoms with E-state index in [9.17, 15) is 0 Å². The van der Waals surface area contributed by atoms with Crippen LogP contribution in [0, 0.1) is 0 Å². The lowest BCUT2D eigenvalue weighted by molar-refractivity contribution is 0.152. The molecule has 3 aromatic rings. The predicted octanol–water partition coefficient (Wildman–Crippen LogP) is 4.82. The van der Waals surface area contributed by atoms with Gasteiger partial charge in [-0.1, -0.05) is 18.2 Å². The van der Waals surface area contributed by atoms with Gasteiger partial charge in [0.25, 0.3) is 0 Å². The Morgan fingerprint density at radius 3 is 2.58 bits per heavy atom. The number of pyridine rings is 1. The number of rotatable bonds is 3. The maximum atomic E-state index is 5.28. The summed E-state index contributed by atoms with van der Waals surface area (Å²) < 4.78 is 5.28. The van der Waals surface area contributed by atoms with E-state index in [1.54, 1.807) is 17.4 Å². The number of hydrogen-bond acceptors (Lipinski definition) is 3. The van der Waals surface area contributed by atoms with Gasteiger partial charge in [0, 0.05) is 24.5 Å². The van der Waals surface area contributed by atoms with E-state index in [1.165, 1.54) is 55.5 Å². The van der Waals surface area contributed by atoms with Crippen LogP contribution < -0.4 is 0 Å². The van der Waals surface area contributed by atoms with Crippen LogP contribution >= 0.6 is 0 Å². The van der Waals surface area contributed by atoms with Gasteiger partial charge in [0.05, 0.1) is 12.5 Å². The normalized spacial score (nSPS) is 18.9. The minimum atomic E-state index is 0.379. The van der Waals surface area contributed by atoms with Gasteiger partial charge in [-0.25, -0.2) is 0 Å². The van der Waals surface area contributed by atoms with Crippen molar-refractivity contribution in [2.45, 2.75) is 37.6 Å². The van der Waals surface area contributed by atoms with Crippen molar-refractivity contribution in [3.05, 3.63) is 78.0 Å². The van der Waals surface area contributed by atoms with E-state index in [-0.39, 0.29) is 0 Å². The first-order chi connectivity index (χ1) is 12.8. The van der Waals surface area contributed by atoms with Crippen LogP contribution in [-0.2, 0) is 18.4 Å². The molecule has 132 valence electrons. The van der Waals surface area contributed by atoms with Crippen molar-refractivity contribution in [1.82, 2.24) is 9.88 Å². The number of likely N-dealkylation sites (tertiary alicyclic amines) is 1. The lowest BCUT2D eigenvalue weighted by Gasteiger charge is -2.40. The standard InChI is InChI=1S/C23H24N2O/c1-2-20(21-6-14-26-17-21)15-22-19(1)3-7-23(22)8-12-25(13-9-23)16-18-4-10-24-11-5-18/h1-2,4-6,10-11,14-15,17H,3,7-9,12-13,16H2. The molecule has 0 unspecified atom stereocenters. The first-order valence-electron chi connectivity index (χ1n) is 9.60. The maximum absolute atomic E-state index is 5.28. The van der Waals surface area contributed by atoms with Crippen molar-refractivity contribution >= 4 is 0 Å². The van der Waals surface area contributed by atoms with E-state index in [2.05, 4.69) is 46.3 Å². The highest BCUT2D eigenvalue weighted by Gasteiger charge is 2.41. The van der Waals surface area contributed by atoms with E-state index in [0.29, 0.717) is 5.41 Å². The van der Waals surface area contributed by atoms with Gasteiger partial charge in [-0.05, 0) is 84.6 Å². The van der Waals surface area contributed by atoms with Crippen LogP contribution in [0.15, 0.2) is 65.7 Å². The van der Waals surface area contributed by atoms with E-state index >= 15 is 0 Å². The molecule has 0 saturated carbocycles. The molecule has 1 saturated heterocycles. The van der Waals surface area contributed by atoms with Crippen LogP contribution in [0.4, 0.5) is 0 Å². The number of piperidine rings is 1. The zero-order valence-corrected chi connectivity index (χ0v) is 15.0. The van der Waals surface area contributed by atoms with Crippen molar-refractivity contribution in [3.63, 3.8) is 0 Å². The van der Waals surface area contributed by atoms with E-state index < -0.39 is 0 Å². The second-order valence-electron chi connectivity index (χ2n) is 7.80. The number of fused-ring (bicyclic) bond motifs is 2. The van der Waals surface area contributed by atoms with Gasteiger partial charge in [0.2, 0.25) is 0 Å². The molecule has 0 atom stereocenters. The van der Waals surface area contributed by atoms with Crippen molar-refractivity contribution in [3.8, 4) is 11.1 Å².